The van der Waals surface area contributed by atoms with Crippen molar-refractivity contribution in [3.63, 3.8) is 0 Å². The maximum absolute atomic E-state index is 12.5. The molecule has 2 aromatic heterocycles. The molecule has 3 heterocycles. The molecule has 126 valence electrons. The third-order valence-electron chi connectivity index (χ3n) is 4.73. The summed E-state index contributed by atoms with van der Waals surface area (Å²) < 4.78 is 7.20. The molecule has 0 radical (unpaired) electrons. The van der Waals surface area contributed by atoms with Gasteiger partial charge in [-0.15, -0.1) is 5.10 Å². The number of hydrogen-bond donors (Lipinski definition) is 1. The number of anilines is 1. The largest absolute Gasteiger partial charge is 0.377 e. The smallest absolute Gasteiger partial charge is 0.267 e. The predicted molar refractivity (Wildman–Crippen MR) is 89.2 cm³/mol. The normalized spacial score (nSPS) is 23.0. The molecule has 0 aromatic carbocycles. The first-order valence-electron chi connectivity index (χ1n) is 8.47. The number of hydrogen-bond acceptors (Lipinski definition) is 6. The maximum Gasteiger partial charge on any atom is 0.267 e. The van der Waals surface area contributed by atoms with Crippen molar-refractivity contribution >= 4 is 5.82 Å². The van der Waals surface area contributed by atoms with Crippen molar-refractivity contribution < 1.29 is 4.74 Å². The molecular weight excluding hydrogens is 306 g/mol. The Labute approximate surface area is 140 Å². The van der Waals surface area contributed by atoms with Crippen LogP contribution in [0.15, 0.2) is 23.0 Å². The standard InChI is InChI=1S/C17H21N5O2/c1-11-6-7-16(20-19-11)18-14-9-24-10-15(14)22-17(23)8-12-4-2-3-5-13(12)21-22/h6-8,14-15H,2-5,9-10H2,1H3,(H,18,20). The summed E-state index contributed by atoms with van der Waals surface area (Å²) in [5, 5.41) is 16.2. The molecule has 0 bridgehead atoms. The summed E-state index contributed by atoms with van der Waals surface area (Å²) in [6.45, 7) is 2.89. The van der Waals surface area contributed by atoms with Gasteiger partial charge in [-0.2, -0.15) is 10.2 Å². The number of nitrogens with zero attached hydrogens (tertiary/aromatic N) is 4. The van der Waals surface area contributed by atoms with Gasteiger partial charge in [0.25, 0.3) is 5.56 Å². The highest BCUT2D eigenvalue weighted by Crippen LogP contribution is 2.23. The molecule has 7 heteroatoms. The summed E-state index contributed by atoms with van der Waals surface area (Å²) in [4.78, 5) is 12.5. The van der Waals surface area contributed by atoms with E-state index in [4.69, 9.17) is 4.74 Å². The summed E-state index contributed by atoms with van der Waals surface area (Å²) in [5.74, 6) is 0.687. The first-order chi connectivity index (χ1) is 11.7. The zero-order valence-corrected chi connectivity index (χ0v) is 13.7. The number of aryl methyl sites for hydroxylation is 3. The lowest BCUT2D eigenvalue weighted by Gasteiger charge is -2.23. The van der Waals surface area contributed by atoms with Crippen molar-refractivity contribution in [1.29, 1.82) is 0 Å². The highest BCUT2D eigenvalue weighted by Gasteiger charge is 2.32. The van der Waals surface area contributed by atoms with E-state index in [9.17, 15) is 4.79 Å². The summed E-state index contributed by atoms with van der Waals surface area (Å²) in [7, 11) is 0. The van der Waals surface area contributed by atoms with E-state index in [0.717, 1.165) is 42.6 Å². The van der Waals surface area contributed by atoms with Gasteiger partial charge in [0.15, 0.2) is 0 Å². The molecule has 2 unspecified atom stereocenters. The monoisotopic (exact) mass is 327 g/mol. The molecule has 0 amide bonds. The Morgan fingerprint density at radius 3 is 2.92 bits per heavy atom. The highest BCUT2D eigenvalue weighted by atomic mass is 16.5. The van der Waals surface area contributed by atoms with Crippen molar-refractivity contribution in [3.05, 3.63) is 45.5 Å². The van der Waals surface area contributed by atoms with E-state index >= 15 is 0 Å². The van der Waals surface area contributed by atoms with Crippen LogP contribution < -0.4 is 10.9 Å². The molecule has 1 aliphatic carbocycles. The van der Waals surface area contributed by atoms with Crippen molar-refractivity contribution in [3.8, 4) is 0 Å². The average molecular weight is 327 g/mol. The minimum atomic E-state index is -0.132. The Balaban J connectivity index is 1.60. The fourth-order valence-electron chi connectivity index (χ4n) is 3.40. The van der Waals surface area contributed by atoms with Crippen LogP contribution in [0.25, 0.3) is 0 Å². The van der Waals surface area contributed by atoms with E-state index in [-0.39, 0.29) is 17.6 Å². The van der Waals surface area contributed by atoms with Gasteiger partial charge in [-0.25, -0.2) is 4.68 Å². The van der Waals surface area contributed by atoms with E-state index in [1.165, 1.54) is 0 Å². The molecule has 1 N–H and O–H groups in total. The number of ether oxygens (including phenoxy) is 1. The van der Waals surface area contributed by atoms with Gasteiger partial charge in [-0.3, -0.25) is 4.79 Å². The second kappa shape index (κ2) is 6.32. The van der Waals surface area contributed by atoms with Crippen LogP contribution in [0.5, 0.6) is 0 Å². The van der Waals surface area contributed by atoms with Crippen molar-refractivity contribution in [2.75, 3.05) is 18.5 Å². The minimum absolute atomic E-state index is 0.0474. The SMILES string of the molecule is Cc1ccc(NC2COCC2n2nc3c(cc2=O)CCCC3)nn1. The Kier molecular flexibility index (Phi) is 4.02. The number of rotatable bonds is 3. The maximum atomic E-state index is 12.5. The Morgan fingerprint density at radius 1 is 1.21 bits per heavy atom. The van der Waals surface area contributed by atoms with E-state index < -0.39 is 0 Å². The van der Waals surface area contributed by atoms with Crippen molar-refractivity contribution in [2.24, 2.45) is 0 Å². The number of fused-ring (bicyclic) bond motifs is 1. The zero-order chi connectivity index (χ0) is 16.5. The van der Waals surface area contributed by atoms with Crippen molar-refractivity contribution in [1.82, 2.24) is 20.0 Å². The first kappa shape index (κ1) is 15.3. The average Bonchev–Trinajstić information content (AvgIpc) is 3.04. The first-order valence-corrected chi connectivity index (χ1v) is 8.47. The third kappa shape index (κ3) is 2.91. The Morgan fingerprint density at radius 2 is 2.08 bits per heavy atom. The van der Waals surface area contributed by atoms with E-state index in [0.29, 0.717) is 19.0 Å². The Hall–Kier alpha value is -2.28. The number of nitrogens with one attached hydrogen (secondary N) is 1. The summed E-state index contributed by atoms with van der Waals surface area (Å²) >= 11 is 0. The summed E-state index contributed by atoms with van der Waals surface area (Å²) in [5.41, 5.74) is 2.98. The van der Waals surface area contributed by atoms with Crippen LogP contribution >= 0.6 is 0 Å². The van der Waals surface area contributed by atoms with E-state index in [1.807, 2.05) is 19.1 Å². The van der Waals surface area contributed by atoms with Gasteiger partial charge in [0.2, 0.25) is 0 Å². The lowest BCUT2D eigenvalue weighted by molar-refractivity contribution is 0.182. The van der Waals surface area contributed by atoms with Crippen LogP contribution in [-0.4, -0.2) is 39.2 Å². The molecule has 2 atom stereocenters. The lowest BCUT2D eigenvalue weighted by atomic mass is 9.97. The van der Waals surface area contributed by atoms with Gasteiger partial charge in [0, 0.05) is 6.07 Å². The topological polar surface area (TPSA) is 81.9 Å². The van der Waals surface area contributed by atoms with E-state index in [2.05, 4.69) is 20.6 Å². The van der Waals surface area contributed by atoms with E-state index in [1.54, 1.807) is 10.7 Å². The molecule has 0 saturated carbocycles. The van der Waals surface area contributed by atoms with Crippen LogP contribution in [-0.2, 0) is 17.6 Å². The highest BCUT2D eigenvalue weighted by molar-refractivity contribution is 5.35. The van der Waals surface area contributed by atoms with Gasteiger partial charge >= 0.3 is 0 Å². The van der Waals surface area contributed by atoms with Gasteiger partial charge in [-0.05, 0) is 50.3 Å². The fraction of sp³-hybridized carbons (Fsp3) is 0.529. The predicted octanol–water partition coefficient (Wildman–Crippen LogP) is 1.27. The number of aromatic nitrogens is 4. The second-order valence-corrected chi connectivity index (χ2v) is 6.52. The van der Waals surface area contributed by atoms with Gasteiger partial charge in [-0.1, -0.05) is 0 Å². The molecule has 1 fully saturated rings. The third-order valence-corrected chi connectivity index (χ3v) is 4.73. The molecule has 24 heavy (non-hydrogen) atoms. The van der Waals surface area contributed by atoms with Gasteiger partial charge < -0.3 is 10.1 Å². The molecule has 2 aromatic rings. The molecule has 0 spiro atoms. The zero-order valence-electron chi connectivity index (χ0n) is 13.7. The lowest BCUT2D eigenvalue weighted by Crippen LogP contribution is -2.38. The van der Waals surface area contributed by atoms with Crippen molar-refractivity contribution in [2.45, 2.75) is 44.7 Å². The molecule has 2 aliphatic rings. The quantitative estimate of drug-likeness (QED) is 0.914. The molecule has 7 nitrogen and oxygen atoms in total. The van der Waals surface area contributed by atoms with Crippen LogP contribution in [0.3, 0.4) is 0 Å². The molecular formula is C17H21N5O2. The summed E-state index contributed by atoms with van der Waals surface area (Å²) in [6.07, 6.45) is 4.19. The second-order valence-electron chi connectivity index (χ2n) is 6.52. The van der Waals surface area contributed by atoms with Gasteiger partial charge in [0.1, 0.15) is 11.9 Å². The summed E-state index contributed by atoms with van der Waals surface area (Å²) in [6, 6.07) is 5.37. The van der Waals surface area contributed by atoms with Gasteiger partial charge in [0.05, 0.1) is 30.6 Å². The van der Waals surface area contributed by atoms with Crippen LogP contribution in [0.4, 0.5) is 5.82 Å². The van der Waals surface area contributed by atoms with Crippen LogP contribution in [0, 0.1) is 6.92 Å². The molecule has 1 aliphatic heterocycles. The fourth-order valence-corrected chi connectivity index (χ4v) is 3.40. The molecule has 1 saturated heterocycles. The Bertz CT molecular complexity index is 787. The van der Waals surface area contributed by atoms with Crippen LogP contribution in [0.2, 0.25) is 0 Å². The van der Waals surface area contributed by atoms with Crippen LogP contribution in [0.1, 0.15) is 35.8 Å². The molecule has 4 rings (SSSR count). The minimum Gasteiger partial charge on any atom is -0.377 e.